The molecule has 3 aromatic heterocycles. The zero-order valence-electron chi connectivity index (χ0n) is 37.0. The lowest BCUT2D eigenvalue weighted by Crippen LogP contribution is -2.49. The van der Waals surface area contributed by atoms with Crippen molar-refractivity contribution in [3.63, 3.8) is 0 Å². The summed E-state index contributed by atoms with van der Waals surface area (Å²) in [7, 11) is 0. The maximum Gasteiger partial charge on any atom is 0.196 e. The molecule has 11 heteroatoms. The molecule has 0 spiro atoms. The van der Waals surface area contributed by atoms with Crippen LogP contribution in [0.15, 0.2) is 119 Å². The Balaban J connectivity index is 0.717. The van der Waals surface area contributed by atoms with Gasteiger partial charge in [-0.1, -0.05) is 60.7 Å². The van der Waals surface area contributed by atoms with Crippen molar-refractivity contribution in [2.45, 2.75) is 70.8 Å². The molecule has 4 aliphatic rings. The van der Waals surface area contributed by atoms with Crippen molar-refractivity contribution in [2.75, 3.05) is 55.6 Å². The van der Waals surface area contributed by atoms with Gasteiger partial charge >= 0.3 is 0 Å². The van der Waals surface area contributed by atoms with Gasteiger partial charge in [-0.05, 0) is 123 Å². The molecule has 6 heterocycles. The second-order valence-electron chi connectivity index (χ2n) is 18.3. The van der Waals surface area contributed by atoms with Crippen LogP contribution in [0.25, 0.3) is 5.00 Å². The van der Waals surface area contributed by atoms with E-state index >= 15 is 0 Å². The van der Waals surface area contributed by atoms with Gasteiger partial charge in [-0.15, -0.1) is 21.5 Å². The van der Waals surface area contributed by atoms with Crippen molar-refractivity contribution in [2.24, 2.45) is 10.9 Å². The average molecular weight is 869 g/mol. The SMILES string of the molecule is Cc1sc2c(c1C)C(c1ccc(N3CCN(CC4CCN(c5ccc([C@H]6c7ccc(O)cc7CC[C@H]6c6ccccc6)cc5)CC4)CC3)cc1)=N[C@@H](Cc1ncco1)c1nnc(C)n1-2. The predicted molar refractivity (Wildman–Crippen MR) is 256 cm³/mol. The van der Waals surface area contributed by atoms with Crippen molar-refractivity contribution < 1.29 is 9.52 Å². The number of oxazole rings is 1. The Labute approximate surface area is 379 Å². The Morgan fingerprint density at radius 3 is 2.23 bits per heavy atom. The second-order valence-corrected chi connectivity index (χ2v) is 19.5. The van der Waals surface area contributed by atoms with Gasteiger partial charge in [0.1, 0.15) is 28.9 Å². The van der Waals surface area contributed by atoms with Crippen LogP contribution in [0, 0.1) is 26.7 Å². The van der Waals surface area contributed by atoms with E-state index < -0.39 is 0 Å². The molecule has 0 saturated carbocycles. The number of aromatic hydroxyl groups is 1. The number of hydrogen-bond acceptors (Lipinski definition) is 10. The van der Waals surface area contributed by atoms with Gasteiger partial charge < -0.3 is 19.3 Å². The molecule has 64 heavy (non-hydrogen) atoms. The van der Waals surface area contributed by atoms with Crippen molar-refractivity contribution in [3.8, 4) is 10.8 Å². The number of rotatable bonds is 9. The fraction of sp³-hybridized carbons (Fsp3) is 0.358. The van der Waals surface area contributed by atoms with Crippen LogP contribution in [0.4, 0.5) is 11.4 Å². The third-order valence-corrected chi connectivity index (χ3v) is 15.7. The lowest BCUT2D eigenvalue weighted by Gasteiger charge is -2.40. The van der Waals surface area contributed by atoms with Crippen LogP contribution >= 0.6 is 11.3 Å². The number of aryl methyl sites for hydroxylation is 3. The molecule has 1 aliphatic carbocycles. The molecule has 7 aromatic rings. The molecule has 3 aliphatic heterocycles. The van der Waals surface area contributed by atoms with Gasteiger partial charge in [-0.25, -0.2) is 4.98 Å². The summed E-state index contributed by atoms with van der Waals surface area (Å²) in [5.74, 6) is 4.10. The van der Waals surface area contributed by atoms with Crippen LogP contribution in [0.5, 0.6) is 5.75 Å². The van der Waals surface area contributed by atoms with E-state index in [1.165, 1.54) is 63.5 Å². The lowest BCUT2D eigenvalue weighted by atomic mass is 9.69. The van der Waals surface area contributed by atoms with Crippen LogP contribution in [-0.2, 0) is 12.8 Å². The molecule has 11 rings (SSSR count). The van der Waals surface area contributed by atoms with Gasteiger partial charge in [0.15, 0.2) is 11.7 Å². The number of fused-ring (bicyclic) bond motifs is 4. The standard InChI is InChI=1S/C53H56N8O2S/c1-34-35(2)64-53-49(34)51(55-47(32-48-54-23-30-63-48)52-57-56-36(3)61(52)53)40-11-16-43(17-12-40)60-28-26-58(27-29-60)33-37-21-24-59(25-22-37)42-14-9-39(10-15-42)50-45(38-7-5-4-6-8-38)19-13-41-31-44(62)18-20-46(41)50/h4-12,14-18,20,23,30-31,37,45,47,50,62H,13,19,21-22,24-29,32-33H2,1-3H3/t45-,47-,50+/m0/s1. The summed E-state index contributed by atoms with van der Waals surface area (Å²) in [6, 6.07) is 35.2. The molecule has 0 bridgehead atoms. The topological polar surface area (TPSA) is 99.1 Å². The minimum absolute atomic E-state index is 0.274. The predicted octanol–water partition coefficient (Wildman–Crippen LogP) is 9.98. The summed E-state index contributed by atoms with van der Waals surface area (Å²) < 4.78 is 7.87. The molecular weight excluding hydrogens is 813 g/mol. The van der Waals surface area contributed by atoms with E-state index in [2.05, 4.69) is 133 Å². The molecule has 326 valence electrons. The smallest absolute Gasteiger partial charge is 0.196 e. The highest BCUT2D eigenvalue weighted by Gasteiger charge is 2.34. The first-order chi connectivity index (χ1) is 31.3. The van der Waals surface area contributed by atoms with E-state index in [9.17, 15) is 5.11 Å². The molecule has 0 unspecified atom stereocenters. The monoisotopic (exact) mass is 868 g/mol. The van der Waals surface area contributed by atoms with E-state index in [4.69, 9.17) is 9.41 Å². The molecule has 2 saturated heterocycles. The van der Waals surface area contributed by atoms with E-state index in [0.29, 0.717) is 24.0 Å². The molecule has 3 atom stereocenters. The number of anilines is 2. The van der Waals surface area contributed by atoms with Gasteiger partial charge in [-0.2, -0.15) is 0 Å². The minimum atomic E-state index is -0.280. The maximum atomic E-state index is 10.3. The highest BCUT2D eigenvalue weighted by Crippen LogP contribution is 2.47. The number of piperazine rings is 1. The van der Waals surface area contributed by atoms with Crippen molar-refractivity contribution in [1.29, 1.82) is 0 Å². The van der Waals surface area contributed by atoms with Gasteiger partial charge in [0.05, 0.1) is 18.3 Å². The number of hydrogen-bond donors (Lipinski definition) is 1. The maximum absolute atomic E-state index is 10.3. The van der Waals surface area contributed by atoms with Gasteiger partial charge in [0.25, 0.3) is 0 Å². The Hall–Kier alpha value is -6.04. The molecule has 1 N–H and O–H groups in total. The number of aliphatic imine (C=N–C) groups is 1. The number of benzene rings is 4. The third-order valence-electron chi connectivity index (χ3n) is 14.5. The van der Waals surface area contributed by atoms with Crippen LogP contribution in [0.1, 0.15) is 98.5 Å². The van der Waals surface area contributed by atoms with Crippen LogP contribution in [0.3, 0.4) is 0 Å². The van der Waals surface area contributed by atoms with Crippen molar-refractivity contribution in [1.82, 2.24) is 24.6 Å². The first-order valence-corrected chi connectivity index (χ1v) is 23.9. The van der Waals surface area contributed by atoms with E-state index in [0.717, 1.165) is 91.5 Å². The quantitative estimate of drug-likeness (QED) is 0.153. The van der Waals surface area contributed by atoms with Crippen LogP contribution < -0.4 is 9.80 Å². The average Bonchev–Trinajstić information content (AvgIpc) is 4.04. The Morgan fingerprint density at radius 1 is 0.766 bits per heavy atom. The van der Waals surface area contributed by atoms with E-state index in [1.807, 2.05) is 19.1 Å². The number of aromatic nitrogens is 4. The minimum Gasteiger partial charge on any atom is -0.508 e. The largest absolute Gasteiger partial charge is 0.508 e. The van der Waals surface area contributed by atoms with Gasteiger partial charge in [0.2, 0.25) is 0 Å². The molecular formula is C53H56N8O2S. The van der Waals surface area contributed by atoms with E-state index in [-0.39, 0.29) is 12.0 Å². The number of nitrogens with zero attached hydrogens (tertiary/aromatic N) is 8. The fourth-order valence-electron chi connectivity index (χ4n) is 11.0. The van der Waals surface area contributed by atoms with Crippen LogP contribution in [-0.4, -0.2) is 81.3 Å². The second kappa shape index (κ2) is 17.2. The zero-order chi connectivity index (χ0) is 43.3. The summed E-state index contributed by atoms with van der Waals surface area (Å²) in [6.07, 6.45) is 8.34. The van der Waals surface area contributed by atoms with Crippen LogP contribution in [0.2, 0.25) is 0 Å². The number of thiophene rings is 1. The first-order valence-electron chi connectivity index (χ1n) is 23.1. The van der Waals surface area contributed by atoms with Gasteiger partial charge in [0, 0.05) is 79.1 Å². The summed E-state index contributed by atoms with van der Waals surface area (Å²) in [5.41, 5.74) is 12.5. The summed E-state index contributed by atoms with van der Waals surface area (Å²) >= 11 is 1.78. The number of piperidine rings is 1. The Kier molecular flexibility index (Phi) is 10.9. The Bertz CT molecular complexity index is 2760. The van der Waals surface area contributed by atoms with Crippen molar-refractivity contribution >= 4 is 28.4 Å². The summed E-state index contributed by atoms with van der Waals surface area (Å²) in [5, 5.41) is 20.5. The number of phenolic OH excluding ortho intramolecular Hbond substituents is 1. The third kappa shape index (κ3) is 7.72. The first kappa shape index (κ1) is 40.7. The highest BCUT2D eigenvalue weighted by atomic mass is 32.1. The molecule has 2 fully saturated rings. The lowest BCUT2D eigenvalue weighted by molar-refractivity contribution is 0.201. The summed E-state index contributed by atoms with van der Waals surface area (Å²) in [4.78, 5) is 19.0. The van der Waals surface area contributed by atoms with Crippen molar-refractivity contribution in [3.05, 3.63) is 171 Å². The molecule has 0 radical (unpaired) electrons. The zero-order valence-corrected chi connectivity index (χ0v) is 37.8. The summed E-state index contributed by atoms with van der Waals surface area (Å²) in [6.45, 7) is 14.0. The normalized spacial score (nSPS) is 20.4. The van der Waals surface area contributed by atoms with Gasteiger partial charge in [-0.3, -0.25) is 14.5 Å². The molecule has 0 amide bonds. The highest BCUT2D eigenvalue weighted by molar-refractivity contribution is 7.15. The molecule has 10 nitrogen and oxygen atoms in total. The fourth-order valence-corrected chi connectivity index (χ4v) is 12.2. The molecule has 4 aromatic carbocycles. The Morgan fingerprint density at radius 2 is 1.50 bits per heavy atom. The number of phenols is 1. The van der Waals surface area contributed by atoms with E-state index in [1.54, 1.807) is 23.8 Å².